The molecule has 17 heavy (non-hydrogen) atoms. The number of nitrogen functional groups attached to an aromatic ring is 1. The highest BCUT2D eigenvalue weighted by Crippen LogP contribution is 2.17. The van der Waals surface area contributed by atoms with Crippen LogP contribution in [0.15, 0.2) is 12.1 Å². The van der Waals surface area contributed by atoms with Gasteiger partial charge in [0, 0.05) is 23.0 Å². The molecule has 4 heteroatoms. The molecule has 3 N–H and O–H groups in total. The summed E-state index contributed by atoms with van der Waals surface area (Å²) in [4.78, 5) is 12.0. The quantitative estimate of drug-likeness (QED) is 0.809. The van der Waals surface area contributed by atoms with E-state index in [-0.39, 0.29) is 5.91 Å². The molecule has 0 saturated carbocycles. The highest BCUT2D eigenvalue weighted by atomic mass is 32.2. The van der Waals surface area contributed by atoms with E-state index in [1.165, 1.54) is 0 Å². The van der Waals surface area contributed by atoms with E-state index in [1.54, 1.807) is 17.8 Å². The summed E-state index contributed by atoms with van der Waals surface area (Å²) in [5.41, 5.74) is 9.13. The predicted molar refractivity (Wildman–Crippen MR) is 75.6 cm³/mol. The first kappa shape index (κ1) is 13.9. The van der Waals surface area contributed by atoms with Crippen molar-refractivity contribution >= 4 is 23.4 Å². The number of hydrogen-bond donors (Lipinski definition) is 2. The standard InChI is InChI=1S/C13H20N2OS/c1-8-5-9(2)12(14)6-11(8)13(16)15-7-10(3)17-4/h5-6,10H,7,14H2,1-4H3,(H,15,16). The lowest BCUT2D eigenvalue weighted by atomic mass is 10.0. The molecule has 0 heterocycles. The van der Waals surface area contributed by atoms with Crippen LogP contribution >= 0.6 is 11.8 Å². The van der Waals surface area contributed by atoms with Crippen molar-refractivity contribution in [3.63, 3.8) is 0 Å². The monoisotopic (exact) mass is 252 g/mol. The molecule has 0 aromatic heterocycles. The van der Waals surface area contributed by atoms with Crippen LogP contribution in [0.4, 0.5) is 5.69 Å². The summed E-state index contributed by atoms with van der Waals surface area (Å²) in [5, 5.41) is 3.34. The van der Waals surface area contributed by atoms with E-state index in [2.05, 4.69) is 12.2 Å². The Kier molecular flexibility index (Phi) is 4.87. The third kappa shape index (κ3) is 3.66. The largest absolute Gasteiger partial charge is 0.398 e. The van der Waals surface area contributed by atoms with E-state index >= 15 is 0 Å². The SMILES string of the molecule is CSC(C)CNC(=O)c1cc(N)c(C)cc1C. The number of carbonyl (C=O) groups excluding carboxylic acids is 1. The van der Waals surface area contributed by atoms with E-state index < -0.39 is 0 Å². The third-order valence-electron chi connectivity index (χ3n) is 2.81. The van der Waals surface area contributed by atoms with E-state index in [4.69, 9.17) is 5.73 Å². The number of aryl methyl sites for hydroxylation is 2. The van der Waals surface area contributed by atoms with Crippen molar-refractivity contribution in [2.24, 2.45) is 0 Å². The lowest BCUT2D eigenvalue weighted by Crippen LogP contribution is -2.30. The second-order valence-electron chi connectivity index (χ2n) is 4.28. The van der Waals surface area contributed by atoms with E-state index in [9.17, 15) is 4.79 Å². The molecular weight excluding hydrogens is 232 g/mol. The number of nitrogens with two attached hydrogens (primary N) is 1. The van der Waals surface area contributed by atoms with E-state index in [0.29, 0.717) is 23.0 Å². The summed E-state index contributed by atoms with van der Waals surface area (Å²) in [7, 11) is 0. The van der Waals surface area contributed by atoms with Crippen LogP contribution in [0.2, 0.25) is 0 Å². The number of thioether (sulfide) groups is 1. The van der Waals surface area contributed by atoms with Gasteiger partial charge in [-0.05, 0) is 37.3 Å². The average Bonchev–Trinajstić information content (AvgIpc) is 2.30. The van der Waals surface area contributed by atoms with Crippen molar-refractivity contribution in [1.29, 1.82) is 0 Å². The Morgan fingerprint density at radius 1 is 1.41 bits per heavy atom. The van der Waals surface area contributed by atoms with Crippen molar-refractivity contribution in [1.82, 2.24) is 5.32 Å². The van der Waals surface area contributed by atoms with E-state index in [1.807, 2.05) is 26.2 Å². The first-order chi connectivity index (χ1) is 7.95. The average molecular weight is 252 g/mol. The molecule has 1 unspecified atom stereocenters. The highest BCUT2D eigenvalue weighted by Gasteiger charge is 2.11. The van der Waals surface area contributed by atoms with Gasteiger partial charge in [0.1, 0.15) is 0 Å². The minimum Gasteiger partial charge on any atom is -0.398 e. The summed E-state index contributed by atoms with van der Waals surface area (Å²) >= 11 is 1.73. The molecular formula is C13H20N2OS. The van der Waals surface area contributed by atoms with Crippen LogP contribution < -0.4 is 11.1 Å². The van der Waals surface area contributed by atoms with Crippen molar-refractivity contribution < 1.29 is 4.79 Å². The van der Waals surface area contributed by atoms with Gasteiger partial charge in [0.15, 0.2) is 0 Å². The number of carbonyl (C=O) groups is 1. The summed E-state index contributed by atoms with van der Waals surface area (Å²) in [6.07, 6.45) is 2.03. The van der Waals surface area contributed by atoms with Crippen LogP contribution in [0, 0.1) is 13.8 Å². The number of anilines is 1. The minimum absolute atomic E-state index is 0.0462. The van der Waals surface area contributed by atoms with Gasteiger partial charge in [-0.25, -0.2) is 0 Å². The van der Waals surface area contributed by atoms with Crippen LogP contribution in [0.3, 0.4) is 0 Å². The van der Waals surface area contributed by atoms with Gasteiger partial charge in [0.25, 0.3) is 5.91 Å². The molecule has 0 spiro atoms. The molecule has 1 rings (SSSR count). The lowest BCUT2D eigenvalue weighted by Gasteiger charge is -2.12. The lowest BCUT2D eigenvalue weighted by molar-refractivity contribution is 0.0953. The molecule has 3 nitrogen and oxygen atoms in total. The zero-order valence-electron chi connectivity index (χ0n) is 10.8. The third-order valence-corrected chi connectivity index (χ3v) is 3.78. The van der Waals surface area contributed by atoms with Gasteiger partial charge < -0.3 is 11.1 Å². The van der Waals surface area contributed by atoms with E-state index in [0.717, 1.165) is 11.1 Å². The molecule has 0 aliphatic heterocycles. The van der Waals surface area contributed by atoms with Gasteiger partial charge in [0.2, 0.25) is 0 Å². The summed E-state index contributed by atoms with van der Waals surface area (Å²) in [6, 6.07) is 3.70. The van der Waals surface area contributed by atoms with Crippen molar-refractivity contribution in [3.05, 3.63) is 28.8 Å². The Bertz CT molecular complexity index is 418. The van der Waals surface area contributed by atoms with Gasteiger partial charge in [0.05, 0.1) is 0 Å². The molecule has 0 aliphatic rings. The van der Waals surface area contributed by atoms with Crippen LogP contribution in [-0.2, 0) is 0 Å². The second kappa shape index (κ2) is 5.96. The maximum atomic E-state index is 12.0. The zero-order valence-corrected chi connectivity index (χ0v) is 11.6. The maximum absolute atomic E-state index is 12.0. The Labute approximate surface area is 107 Å². The first-order valence-electron chi connectivity index (χ1n) is 5.63. The minimum atomic E-state index is -0.0462. The Balaban J connectivity index is 2.79. The number of nitrogens with one attached hydrogen (secondary N) is 1. The fraction of sp³-hybridized carbons (Fsp3) is 0.462. The molecule has 0 bridgehead atoms. The maximum Gasteiger partial charge on any atom is 0.251 e. The Morgan fingerprint density at radius 2 is 2.06 bits per heavy atom. The molecule has 1 aromatic rings. The highest BCUT2D eigenvalue weighted by molar-refractivity contribution is 7.99. The van der Waals surface area contributed by atoms with Gasteiger partial charge in [-0.1, -0.05) is 13.0 Å². The number of hydrogen-bond acceptors (Lipinski definition) is 3. The van der Waals surface area contributed by atoms with Crippen molar-refractivity contribution in [2.45, 2.75) is 26.0 Å². The fourth-order valence-electron chi connectivity index (χ4n) is 1.53. The molecule has 94 valence electrons. The molecule has 0 aliphatic carbocycles. The van der Waals surface area contributed by atoms with Gasteiger partial charge >= 0.3 is 0 Å². The van der Waals surface area contributed by atoms with Gasteiger partial charge in [-0.2, -0.15) is 11.8 Å². The Hall–Kier alpha value is -1.16. The first-order valence-corrected chi connectivity index (χ1v) is 6.92. The van der Waals surface area contributed by atoms with Crippen LogP contribution in [0.1, 0.15) is 28.4 Å². The number of rotatable bonds is 4. The zero-order chi connectivity index (χ0) is 13.0. The van der Waals surface area contributed by atoms with Crippen molar-refractivity contribution in [2.75, 3.05) is 18.5 Å². The van der Waals surface area contributed by atoms with Crippen molar-refractivity contribution in [3.8, 4) is 0 Å². The fourth-order valence-corrected chi connectivity index (χ4v) is 1.78. The predicted octanol–water partition coefficient (Wildman–Crippen LogP) is 2.37. The normalized spacial score (nSPS) is 12.2. The number of amides is 1. The van der Waals surface area contributed by atoms with Crippen LogP contribution in [0.25, 0.3) is 0 Å². The van der Waals surface area contributed by atoms with Gasteiger partial charge in [-0.15, -0.1) is 0 Å². The molecule has 0 fully saturated rings. The topological polar surface area (TPSA) is 55.1 Å². The summed E-state index contributed by atoms with van der Waals surface area (Å²) in [6.45, 7) is 6.63. The summed E-state index contributed by atoms with van der Waals surface area (Å²) < 4.78 is 0. The smallest absolute Gasteiger partial charge is 0.251 e. The summed E-state index contributed by atoms with van der Waals surface area (Å²) in [5.74, 6) is -0.0462. The van der Waals surface area contributed by atoms with Gasteiger partial charge in [-0.3, -0.25) is 4.79 Å². The molecule has 1 amide bonds. The number of benzene rings is 1. The Morgan fingerprint density at radius 3 is 2.65 bits per heavy atom. The van der Waals surface area contributed by atoms with Crippen LogP contribution in [-0.4, -0.2) is 24.0 Å². The molecule has 1 aromatic carbocycles. The molecule has 1 atom stereocenters. The van der Waals surface area contributed by atoms with Crippen LogP contribution in [0.5, 0.6) is 0 Å². The molecule has 0 saturated heterocycles. The second-order valence-corrected chi connectivity index (χ2v) is 5.56. The molecule has 0 radical (unpaired) electrons.